The molecular weight excluding hydrogens is 428 g/mol. The van der Waals surface area contributed by atoms with Gasteiger partial charge in [0.2, 0.25) is 0 Å². The normalized spacial score (nSPS) is 10.7. The van der Waals surface area contributed by atoms with Gasteiger partial charge in [-0.15, -0.1) is 23.1 Å². The van der Waals surface area contributed by atoms with Crippen LogP contribution in [-0.4, -0.2) is 24.6 Å². The van der Waals surface area contributed by atoms with E-state index in [2.05, 4.69) is 22.6 Å². The lowest BCUT2D eigenvalue weighted by Gasteiger charge is -2.13. The van der Waals surface area contributed by atoms with E-state index in [0.717, 1.165) is 45.5 Å². The van der Waals surface area contributed by atoms with Crippen molar-refractivity contribution in [3.8, 4) is 11.5 Å². The van der Waals surface area contributed by atoms with Crippen molar-refractivity contribution in [3.63, 3.8) is 0 Å². The number of hydrogen-bond acceptors (Lipinski definition) is 6. The average molecular weight is 457 g/mol. The molecular formula is C24H28N2O3S2. The molecule has 164 valence electrons. The summed E-state index contributed by atoms with van der Waals surface area (Å²) >= 11 is 3.27. The van der Waals surface area contributed by atoms with Gasteiger partial charge < -0.3 is 14.8 Å². The van der Waals surface area contributed by atoms with Gasteiger partial charge in [0.05, 0.1) is 30.0 Å². The third-order valence-electron chi connectivity index (χ3n) is 4.61. The quantitative estimate of drug-likeness (QED) is 0.289. The number of methoxy groups -OCH3 is 1. The van der Waals surface area contributed by atoms with Crippen LogP contribution in [0.2, 0.25) is 0 Å². The molecule has 0 saturated carbocycles. The molecule has 1 amide bonds. The molecule has 0 atom stereocenters. The summed E-state index contributed by atoms with van der Waals surface area (Å²) in [4.78, 5) is 18.3. The van der Waals surface area contributed by atoms with Crippen LogP contribution in [0.4, 0.5) is 0 Å². The number of thioether (sulfide) groups is 1. The highest BCUT2D eigenvalue weighted by Gasteiger charge is 2.13. The number of nitrogens with zero attached hydrogens (tertiary/aromatic N) is 1. The van der Waals surface area contributed by atoms with Gasteiger partial charge in [0.15, 0.2) is 11.5 Å². The fraction of sp³-hybridized carbons (Fsp3) is 0.333. The molecule has 0 spiro atoms. The van der Waals surface area contributed by atoms with Crippen LogP contribution in [0.25, 0.3) is 0 Å². The molecule has 0 aliphatic rings. The van der Waals surface area contributed by atoms with Gasteiger partial charge in [0.1, 0.15) is 0 Å². The summed E-state index contributed by atoms with van der Waals surface area (Å²) in [6.45, 7) is 5.20. The maximum Gasteiger partial charge on any atom is 0.252 e. The van der Waals surface area contributed by atoms with E-state index >= 15 is 0 Å². The largest absolute Gasteiger partial charge is 0.493 e. The van der Waals surface area contributed by atoms with E-state index in [1.165, 1.54) is 0 Å². The average Bonchev–Trinajstić information content (AvgIpc) is 3.22. The Balaban J connectivity index is 1.61. The number of aromatic nitrogens is 1. The van der Waals surface area contributed by atoms with Crippen LogP contribution in [0, 0.1) is 6.92 Å². The number of carbonyl (C=O) groups is 1. The molecule has 0 unspecified atom stereocenters. The molecule has 31 heavy (non-hydrogen) atoms. The zero-order chi connectivity index (χ0) is 22.1. The number of nitrogens with one attached hydrogen (secondary N) is 1. The van der Waals surface area contributed by atoms with Crippen LogP contribution >= 0.6 is 23.1 Å². The Labute approximate surface area is 192 Å². The van der Waals surface area contributed by atoms with Crippen LogP contribution in [0.15, 0.2) is 52.7 Å². The second-order valence-corrected chi connectivity index (χ2v) is 9.09. The fourth-order valence-electron chi connectivity index (χ4n) is 2.95. The van der Waals surface area contributed by atoms with Crippen molar-refractivity contribution in [1.29, 1.82) is 0 Å². The number of amides is 1. The van der Waals surface area contributed by atoms with Crippen molar-refractivity contribution in [2.24, 2.45) is 0 Å². The summed E-state index contributed by atoms with van der Waals surface area (Å²) in [6.07, 6.45) is 2.08. The zero-order valence-corrected chi connectivity index (χ0v) is 19.8. The number of hydrogen-bond donors (Lipinski definition) is 1. The summed E-state index contributed by atoms with van der Waals surface area (Å²) in [5.41, 5.74) is 2.66. The van der Waals surface area contributed by atoms with E-state index in [1.54, 1.807) is 30.2 Å². The van der Waals surface area contributed by atoms with Crippen molar-refractivity contribution >= 4 is 29.0 Å². The van der Waals surface area contributed by atoms with Crippen molar-refractivity contribution < 1.29 is 14.3 Å². The molecule has 0 fully saturated rings. The van der Waals surface area contributed by atoms with Crippen LogP contribution in [0.3, 0.4) is 0 Å². The first-order chi connectivity index (χ1) is 15.1. The first-order valence-electron chi connectivity index (χ1n) is 10.3. The van der Waals surface area contributed by atoms with E-state index in [0.29, 0.717) is 24.5 Å². The highest BCUT2D eigenvalue weighted by molar-refractivity contribution is 7.98. The fourth-order valence-corrected chi connectivity index (χ4v) is 4.61. The predicted octanol–water partition coefficient (Wildman–Crippen LogP) is 5.86. The molecule has 1 N–H and O–H groups in total. The highest BCUT2D eigenvalue weighted by Crippen LogP contribution is 2.29. The molecule has 0 aliphatic carbocycles. The number of benzene rings is 2. The lowest BCUT2D eigenvalue weighted by molar-refractivity contribution is 0.0948. The molecule has 5 nitrogen and oxygen atoms in total. The van der Waals surface area contributed by atoms with Gasteiger partial charge in [-0.05, 0) is 43.2 Å². The van der Waals surface area contributed by atoms with Gasteiger partial charge in [0.25, 0.3) is 5.91 Å². The summed E-state index contributed by atoms with van der Waals surface area (Å²) in [6, 6.07) is 13.4. The van der Waals surface area contributed by atoms with Gasteiger partial charge in [-0.25, -0.2) is 4.98 Å². The highest BCUT2D eigenvalue weighted by atomic mass is 32.2. The Bertz CT molecular complexity index is 1000. The second kappa shape index (κ2) is 11.8. The molecule has 0 radical (unpaired) electrons. The summed E-state index contributed by atoms with van der Waals surface area (Å²) in [5.74, 6) is 2.05. The minimum absolute atomic E-state index is 0.0974. The zero-order valence-electron chi connectivity index (χ0n) is 18.1. The van der Waals surface area contributed by atoms with Crippen LogP contribution in [0.5, 0.6) is 11.5 Å². The van der Waals surface area contributed by atoms with Crippen LogP contribution < -0.4 is 14.8 Å². The molecule has 2 aromatic carbocycles. The number of ether oxygens (including phenoxy) is 2. The lowest BCUT2D eigenvalue weighted by atomic mass is 10.1. The first-order valence-corrected chi connectivity index (χ1v) is 12.2. The number of thiazole rings is 1. The predicted molar refractivity (Wildman–Crippen MR) is 127 cm³/mol. The Hall–Kier alpha value is -2.51. The van der Waals surface area contributed by atoms with E-state index in [-0.39, 0.29) is 5.91 Å². The van der Waals surface area contributed by atoms with Crippen LogP contribution in [0.1, 0.15) is 46.4 Å². The molecule has 0 saturated heterocycles. The molecule has 3 aromatic rings. The SMILES string of the molecule is CCCCOc1ccc(CNC(=O)c2ccccc2SCc2csc(C)n2)cc1OC. The molecule has 0 aliphatic heterocycles. The number of carbonyl (C=O) groups excluding carboxylic acids is 1. The van der Waals surface area contributed by atoms with E-state index in [9.17, 15) is 4.79 Å². The van der Waals surface area contributed by atoms with Crippen molar-refractivity contribution in [1.82, 2.24) is 10.3 Å². The molecule has 0 bridgehead atoms. The smallest absolute Gasteiger partial charge is 0.252 e. The van der Waals surface area contributed by atoms with Gasteiger partial charge in [-0.3, -0.25) is 4.79 Å². The van der Waals surface area contributed by atoms with E-state index in [1.807, 2.05) is 49.4 Å². The van der Waals surface area contributed by atoms with Crippen molar-refractivity contribution in [2.45, 2.75) is 43.9 Å². The van der Waals surface area contributed by atoms with Gasteiger partial charge in [-0.2, -0.15) is 0 Å². The van der Waals surface area contributed by atoms with E-state index in [4.69, 9.17) is 9.47 Å². The molecule has 7 heteroatoms. The maximum absolute atomic E-state index is 12.9. The van der Waals surface area contributed by atoms with Crippen LogP contribution in [-0.2, 0) is 12.3 Å². The number of rotatable bonds is 11. The lowest BCUT2D eigenvalue weighted by Crippen LogP contribution is -2.23. The minimum Gasteiger partial charge on any atom is -0.493 e. The Morgan fingerprint density at radius 2 is 2.03 bits per heavy atom. The summed E-state index contributed by atoms with van der Waals surface area (Å²) in [7, 11) is 1.63. The van der Waals surface area contributed by atoms with Gasteiger partial charge >= 0.3 is 0 Å². The van der Waals surface area contributed by atoms with Crippen molar-refractivity contribution in [2.75, 3.05) is 13.7 Å². The summed E-state index contributed by atoms with van der Waals surface area (Å²) in [5, 5.41) is 6.14. The molecule has 1 aromatic heterocycles. The number of aryl methyl sites for hydroxylation is 1. The molecule has 3 rings (SSSR count). The van der Waals surface area contributed by atoms with Gasteiger partial charge in [-0.1, -0.05) is 31.5 Å². The Kier molecular flexibility index (Phi) is 8.79. The third-order valence-corrected chi connectivity index (χ3v) is 6.54. The second-order valence-electron chi connectivity index (χ2n) is 7.01. The Morgan fingerprint density at radius 3 is 2.77 bits per heavy atom. The maximum atomic E-state index is 12.9. The molecule has 1 heterocycles. The summed E-state index contributed by atoms with van der Waals surface area (Å²) < 4.78 is 11.2. The monoisotopic (exact) mass is 456 g/mol. The third kappa shape index (κ3) is 6.74. The standard InChI is InChI=1S/C24H28N2O3S2/c1-4-5-12-29-21-11-10-18(13-22(21)28-3)14-25-24(27)20-8-6-7-9-23(20)31-16-19-15-30-17(2)26-19/h6-11,13,15H,4-5,12,14,16H2,1-3H3,(H,25,27). The minimum atomic E-state index is -0.0974. The van der Waals surface area contributed by atoms with E-state index < -0.39 is 0 Å². The topological polar surface area (TPSA) is 60.5 Å². The Morgan fingerprint density at radius 1 is 1.19 bits per heavy atom. The number of unbranched alkanes of at least 4 members (excludes halogenated alkanes) is 1. The van der Waals surface area contributed by atoms with Gasteiger partial charge in [0, 0.05) is 22.6 Å². The first kappa shape index (κ1) is 23.2. The van der Waals surface area contributed by atoms with Crippen molar-refractivity contribution in [3.05, 3.63) is 69.7 Å².